The van der Waals surface area contributed by atoms with Crippen LogP contribution in [-0.2, 0) is 6.42 Å². The summed E-state index contributed by atoms with van der Waals surface area (Å²) in [6, 6.07) is 4.77. The monoisotopic (exact) mass is 375 g/mol. The Morgan fingerprint density at radius 1 is 1.35 bits per heavy atom. The van der Waals surface area contributed by atoms with Crippen molar-refractivity contribution in [1.29, 1.82) is 0 Å². The van der Waals surface area contributed by atoms with Crippen molar-refractivity contribution >= 4 is 28.1 Å². The van der Waals surface area contributed by atoms with E-state index in [1.54, 1.807) is 6.92 Å². The van der Waals surface area contributed by atoms with Crippen molar-refractivity contribution in [2.24, 2.45) is 0 Å². The summed E-state index contributed by atoms with van der Waals surface area (Å²) in [5.74, 6) is -1.50. The van der Waals surface area contributed by atoms with Crippen LogP contribution in [0.5, 0.6) is 0 Å². The van der Waals surface area contributed by atoms with Gasteiger partial charge >= 0.3 is 17.5 Å². The number of amides is 1. The van der Waals surface area contributed by atoms with E-state index in [2.05, 4.69) is 20.3 Å². The van der Waals surface area contributed by atoms with Gasteiger partial charge in [0.1, 0.15) is 17.0 Å². The summed E-state index contributed by atoms with van der Waals surface area (Å²) in [5, 5.41) is 14.5. The fourth-order valence-electron chi connectivity index (χ4n) is 2.42. The predicted octanol–water partition coefficient (Wildman–Crippen LogP) is 3.37. The van der Waals surface area contributed by atoms with Gasteiger partial charge in [-0.15, -0.1) is 11.3 Å². The summed E-state index contributed by atoms with van der Waals surface area (Å²) in [7, 11) is 0. The first-order valence-electron chi connectivity index (χ1n) is 7.55. The number of hydrogen-bond acceptors (Lipinski definition) is 6. The molecule has 0 fully saturated rings. The van der Waals surface area contributed by atoms with Crippen molar-refractivity contribution in [3.05, 3.63) is 68.0 Å². The highest BCUT2D eigenvalue weighted by Crippen LogP contribution is 2.26. The number of H-pyrrole nitrogens is 1. The molecule has 0 aliphatic heterocycles. The molecule has 0 bridgehead atoms. The van der Waals surface area contributed by atoms with Crippen LogP contribution in [0.25, 0.3) is 0 Å². The first-order valence-corrected chi connectivity index (χ1v) is 8.37. The maximum Gasteiger partial charge on any atom is 0.382 e. The van der Waals surface area contributed by atoms with Crippen molar-refractivity contribution < 1.29 is 14.1 Å². The fourth-order valence-corrected chi connectivity index (χ4v) is 3.41. The molecular formula is C16H14FN5O3S. The van der Waals surface area contributed by atoms with E-state index in [0.29, 0.717) is 22.1 Å². The minimum atomic E-state index is -0.690. The van der Waals surface area contributed by atoms with E-state index in [1.807, 2.05) is 13.0 Å². The molecule has 1 aromatic carbocycles. The Bertz CT molecular complexity index is 977. The fraction of sp³-hybridized carbons (Fsp3) is 0.188. The van der Waals surface area contributed by atoms with E-state index in [0.717, 1.165) is 17.3 Å². The van der Waals surface area contributed by atoms with E-state index in [-0.39, 0.29) is 11.6 Å². The van der Waals surface area contributed by atoms with E-state index >= 15 is 0 Å². The molecule has 3 aromatic rings. The van der Waals surface area contributed by atoms with Crippen LogP contribution in [0.15, 0.2) is 24.4 Å². The van der Waals surface area contributed by atoms with Crippen LogP contribution in [0.3, 0.4) is 0 Å². The van der Waals surface area contributed by atoms with Crippen molar-refractivity contribution in [2.75, 3.05) is 5.32 Å². The number of aromatic nitrogens is 3. The minimum Gasteiger partial charge on any atom is -0.358 e. The van der Waals surface area contributed by atoms with Crippen molar-refractivity contribution in [2.45, 2.75) is 20.3 Å². The van der Waals surface area contributed by atoms with Gasteiger partial charge in [-0.25, -0.2) is 9.37 Å². The number of rotatable bonds is 5. The maximum atomic E-state index is 13.5. The Kier molecular flexibility index (Phi) is 4.76. The highest BCUT2D eigenvalue weighted by molar-refractivity contribution is 7.16. The zero-order valence-corrected chi connectivity index (χ0v) is 14.7. The molecule has 10 heteroatoms. The van der Waals surface area contributed by atoms with E-state index in [4.69, 9.17) is 0 Å². The Hall–Kier alpha value is -3.14. The van der Waals surface area contributed by atoms with Crippen molar-refractivity contribution in [1.82, 2.24) is 15.0 Å². The number of hydrogen-bond donors (Lipinski definition) is 2. The van der Waals surface area contributed by atoms with Crippen LogP contribution in [0.2, 0.25) is 0 Å². The third-order valence-electron chi connectivity index (χ3n) is 3.49. The predicted molar refractivity (Wildman–Crippen MR) is 94.0 cm³/mol. The highest BCUT2D eigenvalue weighted by atomic mass is 32.1. The molecule has 0 saturated heterocycles. The van der Waals surface area contributed by atoms with E-state index < -0.39 is 16.6 Å². The molecular weight excluding hydrogens is 361 g/mol. The first-order chi connectivity index (χ1) is 12.3. The number of thiazole rings is 1. The zero-order valence-electron chi connectivity index (χ0n) is 13.9. The Labute approximate surface area is 151 Å². The van der Waals surface area contributed by atoms with Crippen LogP contribution in [-0.4, -0.2) is 25.8 Å². The number of imidazole rings is 1. The topological polar surface area (TPSA) is 114 Å². The number of nitrogens with one attached hydrogen (secondary N) is 2. The number of aryl methyl sites for hydroxylation is 2. The van der Waals surface area contributed by atoms with E-state index in [1.165, 1.54) is 23.5 Å². The Morgan fingerprint density at radius 2 is 2.12 bits per heavy atom. The summed E-state index contributed by atoms with van der Waals surface area (Å²) in [6.07, 6.45) is 1.48. The molecule has 0 atom stereocenters. The SMILES string of the molecule is Cc1cc(F)cc(Cc2nc(C)c(NC(=O)c3nc([N+](=O)[O-])c[nH]3)s2)c1. The van der Waals surface area contributed by atoms with Gasteiger partial charge in [0.05, 0.1) is 10.7 Å². The number of benzene rings is 1. The van der Waals surface area contributed by atoms with Gasteiger partial charge in [0.15, 0.2) is 0 Å². The van der Waals surface area contributed by atoms with Crippen LogP contribution in [0.4, 0.5) is 15.2 Å². The number of carbonyl (C=O) groups excluding carboxylic acids is 1. The Morgan fingerprint density at radius 3 is 2.77 bits per heavy atom. The van der Waals surface area contributed by atoms with Crippen LogP contribution in [0, 0.1) is 29.8 Å². The number of nitro groups is 1. The average molecular weight is 375 g/mol. The molecule has 0 saturated carbocycles. The molecule has 1 amide bonds. The molecule has 8 nitrogen and oxygen atoms in total. The lowest BCUT2D eigenvalue weighted by atomic mass is 10.1. The molecule has 0 unspecified atom stereocenters. The van der Waals surface area contributed by atoms with Crippen LogP contribution < -0.4 is 5.32 Å². The molecule has 0 aliphatic carbocycles. The number of aromatic amines is 1. The van der Waals surface area contributed by atoms with Crippen molar-refractivity contribution in [3.8, 4) is 0 Å². The standard InChI is InChI=1S/C16H14FN5O3S/c1-8-3-10(5-11(17)4-8)6-13-19-9(2)16(26-13)21-15(23)14-18-7-12(20-14)22(24)25/h3-5,7H,6H2,1-2H3,(H,18,20)(H,21,23). The molecule has 3 rings (SSSR count). The molecule has 26 heavy (non-hydrogen) atoms. The molecule has 2 N–H and O–H groups in total. The third kappa shape index (κ3) is 3.91. The quantitative estimate of drug-likeness (QED) is 0.524. The first kappa shape index (κ1) is 17.7. The summed E-state index contributed by atoms with van der Waals surface area (Å²) in [6.45, 7) is 3.55. The maximum absolute atomic E-state index is 13.5. The summed E-state index contributed by atoms with van der Waals surface area (Å²) < 4.78 is 13.5. The van der Waals surface area contributed by atoms with Gasteiger partial charge < -0.3 is 20.4 Å². The minimum absolute atomic E-state index is 0.160. The van der Waals surface area contributed by atoms with Crippen molar-refractivity contribution in [3.63, 3.8) is 0 Å². The second-order valence-corrected chi connectivity index (χ2v) is 6.74. The normalized spacial score (nSPS) is 10.7. The van der Waals surface area contributed by atoms with Gasteiger partial charge in [-0.3, -0.25) is 4.79 Å². The summed E-state index contributed by atoms with van der Waals surface area (Å²) in [4.78, 5) is 32.6. The van der Waals surface area contributed by atoms with Gasteiger partial charge in [-0.05, 0) is 47.0 Å². The molecule has 0 aliphatic rings. The van der Waals surface area contributed by atoms with Gasteiger partial charge in [-0.2, -0.15) is 0 Å². The summed E-state index contributed by atoms with van der Waals surface area (Å²) >= 11 is 1.26. The number of anilines is 1. The van der Waals surface area contributed by atoms with Crippen LogP contribution in [0.1, 0.15) is 32.4 Å². The smallest absolute Gasteiger partial charge is 0.358 e. The Balaban J connectivity index is 1.75. The second kappa shape index (κ2) is 7.00. The van der Waals surface area contributed by atoms with E-state index in [9.17, 15) is 19.3 Å². The van der Waals surface area contributed by atoms with Gasteiger partial charge in [0.25, 0.3) is 0 Å². The highest BCUT2D eigenvalue weighted by Gasteiger charge is 2.21. The molecule has 134 valence electrons. The third-order valence-corrected chi connectivity index (χ3v) is 4.56. The van der Waals surface area contributed by atoms with Gasteiger partial charge in [0, 0.05) is 6.42 Å². The number of halogens is 1. The zero-order chi connectivity index (χ0) is 18.8. The molecule has 2 aromatic heterocycles. The lowest BCUT2D eigenvalue weighted by Gasteiger charge is -2.01. The van der Waals surface area contributed by atoms with Gasteiger partial charge in [0.2, 0.25) is 0 Å². The number of nitrogens with zero attached hydrogens (tertiary/aromatic N) is 3. The molecule has 0 spiro atoms. The average Bonchev–Trinajstić information content (AvgIpc) is 3.14. The number of carbonyl (C=O) groups is 1. The lowest BCUT2D eigenvalue weighted by molar-refractivity contribution is -0.389. The molecule has 2 heterocycles. The lowest BCUT2D eigenvalue weighted by Crippen LogP contribution is -2.13. The van der Waals surface area contributed by atoms with Gasteiger partial charge in [-0.1, -0.05) is 6.07 Å². The summed E-state index contributed by atoms with van der Waals surface area (Å²) in [5.41, 5.74) is 2.21. The molecule has 0 radical (unpaired) electrons. The largest absolute Gasteiger partial charge is 0.382 e. The van der Waals surface area contributed by atoms with Crippen LogP contribution >= 0.6 is 11.3 Å². The second-order valence-electron chi connectivity index (χ2n) is 5.65.